The number of carbonyl (C=O) groups is 1. The monoisotopic (exact) mass is 374 g/mol. The third-order valence-corrected chi connectivity index (χ3v) is 3.44. The fourth-order valence-electron chi connectivity index (χ4n) is 2.31. The third-order valence-electron chi connectivity index (χ3n) is 3.44. The average Bonchev–Trinajstić information content (AvgIpc) is 2.62. The van der Waals surface area contributed by atoms with Gasteiger partial charge in [0.1, 0.15) is 11.3 Å². The predicted molar refractivity (Wildman–Crippen MR) is 102 cm³/mol. The second kappa shape index (κ2) is 9.23. The standard InChI is InChI=1S/C20H26N2O5/c1-20(2,3)27-19(23)22-17-15(11-16(24-4)21-18(17)25-5)13-26-12-14-9-7-6-8-10-14/h6-11H,12-13H2,1-5H3,(H,22,23). The molecule has 0 fully saturated rings. The van der Waals surface area contributed by atoms with Crippen molar-refractivity contribution in [2.24, 2.45) is 0 Å². The highest BCUT2D eigenvalue weighted by atomic mass is 16.6. The topological polar surface area (TPSA) is 78.9 Å². The van der Waals surface area contributed by atoms with Gasteiger partial charge < -0.3 is 18.9 Å². The van der Waals surface area contributed by atoms with E-state index in [9.17, 15) is 4.79 Å². The summed E-state index contributed by atoms with van der Waals surface area (Å²) in [6, 6.07) is 11.5. The first-order valence-electron chi connectivity index (χ1n) is 8.56. The van der Waals surface area contributed by atoms with Gasteiger partial charge in [-0.25, -0.2) is 4.79 Å². The molecule has 1 amide bonds. The van der Waals surface area contributed by atoms with Crippen molar-refractivity contribution < 1.29 is 23.7 Å². The maximum atomic E-state index is 12.2. The number of nitrogens with zero attached hydrogens (tertiary/aromatic N) is 1. The molecular formula is C20H26N2O5. The smallest absolute Gasteiger partial charge is 0.412 e. The van der Waals surface area contributed by atoms with Crippen LogP contribution < -0.4 is 14.8 Å². The van der Waals surface area contributed by atoms with Crippen molar-refractivity contribution in [3.63, 3.8) is 0 Å². The third kappa shape index (κ3) is 6.45. The van der Waals surface area contributed by atoms with E-state index in [1.165, 1.54) is 14.2 Å². The number of benzene rings is 1. The van der Waals surface area contributed by atoms with Gasteiger partial charge in [-0.2, -0.15) is 4.98 Å². The molecule has 0 aliphatic heterocycles. The first-order valence-corrected chi connectivity index (χ1v) is 8.56. The Kier molecular flexibility index (Phi) is 7.01. The highest BCUT2D eigenvalue weighted by molar-refractivity contribution is 5.87. The molecule has 2 rings (SSSR count). The Balaban J connectivity index is 2.20. The van der Waals surface area contributed by atoms with Crippen LogP contribution in [0.5, 0.6) is 11.8 Å². The van der Waals surface area contributed by atoms with Gasteiger partial charge >= 0.3 is 6.09 Å². The fourth-order valence-corrected chi connectivity index (χ4v) is 2.31. The number of carbonyl (C=O) groups excluding carboxylic acids is 1. The van der Waals surface area contributed by atoms with Gasteiger partial charge in [0.05, 0.1) is 27.4 Å². The van der Waals surface area contributed by atoms with Crippen molar-refractivity contribution in [1.82, 2.24) is 4.98 Å². The van der Waals surface area contributed by atoms with Gasteiger partial charge in [-0.1, -0.05) is 30.3 Å². The SMILES string of the molecule is COc1cc(COCc2ccccc2)c(NC(=O)OC(C)(C)C)c(OC)n1. The van der Waals surface area contributed by atoms with Crippen LogP contribution in [0.15, 0.2) is 36.4 Å². The number of pyridine rings is 1. The normalized spacial score (nSPS) is 11.0. The summed E-state index contributed by atoms with van der Waals surface area (Å²) >= 11 is 0. The number of aromatic nitrogens is 1. The van der Waals surface area contributed by atoms with E-state index in [4.69, 9.17) is 18.9 Å². The molecule has 146 valence electrons. The lowest BCUT2D eigenvalue weighted by atomic mass is 10.2. The molecule has 0 saturated heterocycles. The van der Waals surface area contributed by atoms with E-state index in [1.807, 2.05) is 30.3 Å². The van der Waals surface area contributed by atoms with Crippen molar-refractivity contribution in [3.8, 4) is 11.8 Å². The van der Waals surface area contributed by atoms with Crippen molar-refractivity contribution in [2.45, 2.75) is 39.6 Å². The van der Waals surface area contributed by atoms with Crippen LogP contribution in [0, 0.1) is 0 Å². The number of rotatable bonds is 7. The lowest BCUT2D eigenvalue weighted by molar-refractivity contribution is 0.0634. The first-order chi connectivity index (χ1) is 12.8. The van der Waals surface area contributed by atoms with Gasteiger partial charge in [-0.15, -0.1) is 0 Å². The summed E-state index contributed by atoms with van der Waals surface area (Å²) < 4.78 is 21.6. The Morgan fingerprint density at radius 2 is 1.78 bits per heavy atom. The molecule has 0 aliphatic rings. The Morgan fingerprint density at radius 3 is 2.37 bits per heavy atom. The maximum Gasteiger partial charge on any atom is 0.412 e. The van der Waals surface area contributed by atoms with Gasteiger partial charge in [0, 0.05) is 11.6 Å². The highest BCUT2D eigenvalue weighted by Crippen LogP contribution is 2.31. The molecule has 0 spiro atoms. The van der Waals surface area contributed by atoms with Gasteiger partial charge in [-0.3, -0.25) is 5.32 Å². The molecule has 0 saturated carbocycles. The molecule has 1 N–H and O–H groups in total. The second-order valence-corrected chi connectivity index (χ2v) is 6.81. The summed E-state index contributed by atoms with van der Waals surface area (Å²) in [4.78, 5) is 16.4. The van der Waals surface area contributed by atoms with Crippen LogP contribution in [0.3, 0.4) is 0 Å². The van der Waals surface area contributed by atoms with E-state index < -0.39 is 11.7 Å². The molecule has 1 aromatic carbocycles. The summed E-state index contributed by atoms with van der Waals surface area (Å²) in [5.74, 6) is 0.582. The maximum absolute atomic E-state index is 12.2. The fraction of sp³-hybridized carbons (Fsp3) is 0.400. The van der Waals surface area contributed by atoms with E-state index >= 15 is 0 Å². The zero-order valence-corrected chi connectivity index (χ0v) is 16.4. The van der Waals surface area contributed by atoms with Gasteiger partial charge in [0.15, 0.2) is 0 Å². The number of anilines is 1. The lowest BCUT2D eigenvalue weighted by Gasteiger charge is -2.21. The van der Waals surface area contributed by atoms with E-state index in [0.717, 1.165) is 5.56 Å². The molecule has 0 atom stereocenters. The number of hydrogen-bond donors (Lipinski definition) is 1. The molecule has 0 radical (unpaired) electrons. The van der Waals surface area contributed by atoms with Crippen molar-refractivity contribution in [1.29, 1.82) is 0 Å². The van der Waals surface area contributed by atoms with Crippen LogP contribution in [0.4, 0.5) is 10.5 Å². The molecule has 0 aliphatic carbocycles. The largest absolute Gasteiger partial charge is 0.481 e. The van der Waals surface area contributed by atoms with Crippen LogP contribution in [0.1, 0.15) is 31.9 Å². The van der Waals surface area contributed by atoms with Gasteiger partial charge in [0.25, 0.3) is 0 Å². The number of methoxy groups -OCH3 is 2. The number of ether oxygens (including phenoxy) is 4. The summed E-state index contributed by atoms with van der Waals surface area (Å²) in [5, 5.41) is 2.70. The van der Waals surface area contributed by atoms with Crippen molar-refractivity contribution >= 4 is 11.8 Å². The molecule has 27 heavy (non-hydrogen) atoms. The summed E-state index contributed by atoms with van der Waals surface area (Å²) in [5.41, 5.74) is 1.48. The van der Waals surface area contributed by atoms with E-state index in [0.29, 0.717) is 23.7 Å². The van der Waals surface area contributed by atoms with E-state index in [2.05, 4.69) is 10.3 Å². The van der Waals surface area contributed by atoms with Crippen LogP contribution in [-0.2, 0) is 22.7 Å². The molecule has 7 heteroatoms. The minimum Gasteiger partial charge on any atom is -0.481 e. The molecule has 2 aromatic rings. The van der Waals surface area contributed by atoms with Crippen LogP contribution in [0.2, 0.25) is 0 Å². The number of amides is 1. The molecular weight excluding hydrogens is 348 g/mol. The minimum atomic E-state index is -0.624. The van der Waals surface area contributed by atoms with Gasteiger partial charge in [0.2, 0.25) is 11.8 Å². The average molecular weight is 374 g/mol. The number of nitrogens with one attached hydrogen (secondary N) is 1. The molecule has 7 nitrogen and oxygen atoms in total. The molecule has 0 unspecified atom stereocenters. The minimum absolute atomic E-state index is 0.221. The van der Waals surface area contributed by atoms with E-state index in [-0.39, 0.29) is 12.5 Å². The van der Waals surface area contributed by atoms with E-state index in [1.54, 1.807) is 26.8 Å². The molecule has 1 heterocycles. The van der Waals surface area contributed by atoms with Crippen LogP contribution in [-0.4, -0.2) is 30.9 Å². The second-order valence-electron chi connectivity index (χ2n) is 6.81. The number of hydrogen-bond acceptors (Lipinski definition) is 6. The first kappa shape index (κ1) is 20.5. The quantitative estimate of drug-likeness (QED) is 0.784. The molecule has 0 bridgehead atoms. The summed E-state index contributed by atoms with van der Waals surface area (Å²) in [6.45, 7) is 6.04. The zero-order valence-electron chi connectivity index (χ0n) is 16.4. The Labute approximate surface area is 159 Å². The lowest BCUT2D eigenvalue weighted by Crippen LogP contribution is -2.27. The van der Waals surface area contributed by atoms with Crippen LogP contribution >= 0.6 is 0 Å². The van der Waals surface area contributed by atoms with Crippen molar-refractivity contribution in [3.05, 3.63) is 47.5 Å². The summed E-state index contributed by atoms with van der Waals surface area (Å²) in [6.07, 6.45) is -0.600. The van der Waals surface area contributed by atoms with Gasteiger partial charge in [-0.05, 0) is 26.3 Å². The zero-order chi connectivity index (χ0) is 19.9. The Hall–Kier alpha value is -2.80. The molecule has 1 aromatic heterocycles. The Bertz CT molecular complexity index is 757. The van der Waals surface area contributed by atoms with Crippen LogP contribution in [0.25, 0.3) is 0 Å². The Morgan fingerprint density at radius 1 is 1.07 bits per heavy atom. The summed E-state index contributed by atoms with van der Waals surface area (Å²) in [7, 11) is 2.98. The van der Waals surface area contributed by atoms with Crippen molar-refractivity contribution in [2.75, 3.05) is 19.5 Å². The predicted octanol–water partition coefficient (Wildman–Crippen LogP) is 4.16. The highest BCUT2D eigenvalue weighted by Gasteiger charge is 2.21.